The standard InChI is InChI=1S/C17H29N7O/c1-12(2)15-19-16(22(3)4)21-17(20-15)24-9-7-23(8-10-24)11-14(25)18-13-5-6-13/h12-13H,5-11H2,1-4H3,(H,18,25). The lowest BCUT2D eigenvalue weighted by Gasteiger charge is -2.34. The van der Waals surface area contributed by atoms with Crippen LogP contribution in [0, 0.1) is 0 Å². The molecule has 1 amide bonds. The van der Waals surface area contributed by atoms with Gasteiger partial charge in [-0.25, -0.2) is 0 Å². The highest BCUT2D eigenvalue weighted by Crippen LogP contribution is 2.20. The van der Waals surface area contributed by atoms with E-state index in [4.69, 9.17) is 0 Å². The van der Waals surface area contributed by atoms with Gasteiger partial charge in [-0.15, -0.1) is 0 Å². The molecular weight excluding hydrogens is 318 g/mol. The SMILES string of the molecule is CC(C)c1nc(N(C)C)nc(N2CCN(CC(=O)NC3CC3)CC2)n1. The Morgan fingerprint density at radius 1 is 1.16 bits per heavy atom. The van der Waals surface area contributed by atoms with E-state index in [2.05, 4.69) is 43.9 Å². The van der Waals surface area contributed by atoms with Crippen LogP contribution < -0.4 is 15.1 Å². The molecule has 1 aromatic heterocycles. The van der Waals surface area contributed by atoms with E-state index in [1.165, 1.54) is 0 Å². The van der Waals surface area contributed by atoms with E-state index in [-0.39, 0.29) is 11.8 Å². The quantitative estimate of drug-likeness (QED) is 0.801. The molecule has 1 aliphatic carbocycles. The highest BCUT2D eigenvalue weighted by molar-refractivity contribution is 5.78. The average Bonchev–Trinajstić information content (AvgIpc) is 3.38. The van der Waals surface area contributed by atoms with E-state index in [1.54, 1.807) is 0 Å². The van der Waals surface area contributed by atoms with Crippen LogP contribution in [0.3, 0.4) is 0 Å². The minimum absolute atomic E-state index is 0.146. The summed E-state index contributed by atoms with van der Waals surface area (Å²) < 4.78 is 0. The number of anilines is 2. The first-order valence-electron chi connectivity index (χ1n) is 9.12. The fourth-order valence-electron chi connectivity index (χ4n) is 2.78. The molecule has 0 radical (unpaired) electrons. The van der Waals surface area contributed by atoms with Crippen LogP contribution in [0.25, 0.3) is 0 Å². The van der Waals surface area contributed by atoms with E-state index in [1.807, 2.05) is 19.0 Å². The van der Waals surface area contributed by atoms with Crippen molar-refractivity contribution in [3.63, 3.8) is 0 Å². The number of amides is 1. The van der Waals surface area contributed by atoms with Gasteiger partial charge in [0, 0.05) is 52.2 Å². The second-order valence-corrected chi connectivity index (χ2v) is 7.45. The molecule has 2 aliphatic rings. The Hall–Kier alpha value is -1.96. The number of rotatable bonds is 6. The number of carbonyl (C=O) groups is 1. The Morgan fingerprint density at radius 3 is 2.40 bits per heavy atom. The Morgan fingerprint density at radius 2 is 1.84 bits per heavy atom. The molecule has 1 aromatic rings. The number of piperazine rings is 1. The van der Waals surface area contributed by atoms with Crippen molar-refractivity contribution in [3.8, 4) is 0 Å². The lowest BCUT2D eigenvalue weighted by atomic mass is 10.2. The van der Waals surface area contributed by atoms with Gasteiger partial charge in [-0.2, -0.15) is 15.0 Å². The minimum atomic E-state index is 0.146. The molecule has 0 atom stereocenters. The maximum atomic E-state index is 11.9. The largest absolute Gasteiger partial charge is 0.352 e. The second-order valence-electron chi connectivity index (χ2n) is 7.45. The fraction of sp³-hybridized carbons (Fsp3) is 0.765. The Kier molecular flexibility index (Phi) is 5.36. The zero-order valence-electron chi connectivity index (χ0n) is 15.7. The van der Waals surface area contributed by atoms with E-state index in [0.717, 1.165) is 50.8 Å². The zero-order valence-corrected chi connectivity index (χ0v) is 15.7. The van der Waals surface area contributed by atoms with Gasteiger partial charge in [0.25, 0.3) is 0 Å². The summed E-state index contributed by atoms with van der Waals surface area (Å²) in [6.45, 7) is 8.01. The molecule has 8 heteroatoms. The van der Waals surface area contributed by atoms with E-state index in [9.17, 15) is 4.79 Å². The molecule has 0 bridgehead atoms. The third-order valence-corrected chi connectivity index (χ3v) is 4.51. The Balaban J connectivity index is 1.60. The van der Waals surface area contributed by atoms with Crippen LogP contribution in [-0.4, -0.2) is 78.6 Å². The summed E-state index contributed by atoms with van der Waals surface area (Å²) in [5.74, 6) is 2.66. The molecule has 2 fully saturated rings. The maximum absolute atomic E-state index is 11.9. The lowest BCUT2D eigenvalue weighted by Crippen LogP contribution is -2.50. The maximum Gasteiger partial charge on any atom is 0.234 e. The van der Waals surface area contributed by atoms with Crippen LogP contribution in [0.5, 0.6) is 0 Å². The molecule has 8 nitrogen and oxygen atoms in total. The Bertz CT molecular complexity index is 581. The van der Waals surface area contributed by atoms with Crippen molar-refractivity contribution in [2.45, 2.75) is 38.6 Å². The van der Waals surface area contributed by atoms with Crippen LogP contribution >= 0.6 is 0 Å². The lowest BCUT2D eigenvalue weighted by molar-refractivity contribution is -0.122. The molecule has 1 aliphatic heterocycles. The average molecular weight is 347 g/mol. The number of carbonyl (C=O) groups excluding carboxylic acids is 1. The van der Waals surface area contributed by atoms with Gasteiger partial charge in [0.05, 0.1) is 6.54 Å². The molecule has 1 saturated carbocycles. The summed E-state index contributed by atoms with van der Waals surface area (Å²) in [6, 6.07) is 0.429. The topological polar surface area (TPSA) is 77.5 Å². The van der Waals surface area contributed by atoms with Gasteiger partial charge < -0.3 is 15.1 Å². The number of nitrogens with one attached hydrogen (secondary N) is 1. The molecule has 0 spiro atoms. The van der Waals surface area contributed by atoms with Crippen molar-refractivity contribution in [2.24, 2.45) is 0 Å². The zero-order chi connectivity index (χ0) is 18.0. The third-order valence-electron chi connectivity index (χ3n) is 4.51. The van der Waals surface area contributed by atoms with Crippen molar-refractivity contribution in [1.82, 2.24) is 25.2 Å². The number of hydrogen-bond acceptors (Lipinski definition) is 7. The van der Waals surface area contributed by atoms with Gasteiger partial charge in [-0.1, -0.05) is 13.8 Å². The molecular formula is C17H29N7O. The summed E-state index contributed by atoms with van der Waals surface area (Å²) in [6.07, 6.45) is 2.26. The van der Waals surface area contributed by atoms with E-state index in [0.29, 0.717) is 18.5 Å². The van der Waals surface area contributed by atoms with Gasteiger partial charge in [-0.05, 0) is 12.8 Å². The van der Waals surface area contributed by atoms with Crippen LogP contribution in [0.4, 0.5) is 11.9 Å². The monoisotopic (exact) mass is 347 g/mol. The molecule has 1 N–H and O–H groups in total. The van der Waals surface area contributed by atoms with Crippen LogP contribution in [0.1, 0.15) is 38.4 Å². The van der Waals surface area contributed by atoms with Gasteiger partial charge in [0.1, 0.15) is 5.82 Å². The number of nitrogens with zero attached hydrogens (tertiary/aromatic N) is 6. The smallest absolute Gasteiger partial charge is 0.234 e. The first-order valence-corrected chi connectivity index (χ1v) is 9.12. The second kappa shape index (κ2) is 7.51. The summed E-state index contributed by atoms with van der Waals surface area (Å²) in [7, 11) is 3.89. The van der Waals surface area contributed by atoms with Gasteiger partial charge >= 0.3 is 0 Å². The van der Waals surface area contributed by atoms with Crippen molar-refractivity contribution in [1.29, 1.82) is 0 Å². The predicted molar refractivity (Wildman–Crippen MR) is 98.1 cm³/mol. The van der Waals surface area contributed by atoms with E-state index >= 15 is 0 Å². The minimum Gasteiger partial charge on any atom is -0.352 e. The van der Waals surface area contributed by atoms with E-state index < -0.39 is 0 Å². The van der Waals surface area contributed by atoms with Crippen molar-refractivity contribution >= 4 is 17.8 Å². The normalized spacial score (nSPS) is 18.5. The van der Waals surface area contributed by atoms with Crippen LogP contribution in [-0.2, 0) is 4.79 Å². The molecule has 138 valence electrons. The van der Waals surface area contributed by atoms with Crippen molar-refractivity contribution in [3.05, 3.63) is 5.82 Å². The van der Waals surface area contributed by atoms with Crippen LogP contribution in [0.2, 0.25) is 0 Å². The number of aromatic nitrogens is 3. The summed E-state index contributed by atoms with van der Waals surface area (Å²) in [5, 5.41) is 3.05. The molecule has 1 saturated heterocycles. The summed E-state index contributed by atoms with van der Waals surface area (Å²) in [5.41, 5.74) is 0. The van der Waals surface area contributed by atoms with Gasteiger partial charge in [-0.3, -0.25) is 9.69 Å². The Labute approximate surface area is 149 Å². The predicted octanol–water partition coefficient (Wildman–Crippen LogP) is 0.462. The molecule has 0 unspecified atom stereocenters. The van der Waals surface area contributed by atoms with Crippen LogP contribution in [0.15, 0.2) is 0 Å². The number of hydrogen-bond donors (Lipinski definition) is 1. The third kappa shape index (κ3) is 4.78. The van der Waals surface area contributed by atoms with Gasteiger partial charge in [0.2, 0.25) is 17.8 Å². The molecule has 2 heterocycles. The van der Waals surface area contributed by atoms with Crippen molar-refractivity contribution in [2.75, 3.05) is 56.6 Å². The summed E-state index contributed by atoms with van der Waals surface area (Å²) in [4.78, 5) is 32.0. The highest BCUT2D eigenvalue weighted by atomic mass is 16.2. The molecule has 0 aromatic carbocycles. The van der Waals surface area contributed by atoms with Crippen molar-refractivity contribution < 1.29 is 4.79 Å². The van der Waals surface area contributed by atoms with Gasteiger partial charge in [0.15, 0.2) is 0 Å². The first-order chi connectivity index (χ1) is 11.9. The molecule has 3 rings (SSSR count). The first kappa shape index (κ1) is 17.8. The summed E-state index contributed by atoms with van der Waals surface area (Å²) >= 11 is 0. The fourth-order valence-corrected chi connectivity index (χ4v) is 2.78. The molecule has 25 heavy (non-hydrogen) atoms. The highest BCUT2D eigenvalue weighted by Gasteiger charge is 2.26.